The molecule has 0 unspecified atom stereocenters. The first-order valence-corrected chi connectivity index (χ1v) is 18.8. The molecule has 9 aromatic carbocycles. The normalized spacial score (nSPS) is 12.2. The molecule has 1 aliphatic rings. The zero-order valence-corrected chi connectivity index (χ0v) is 29.2. The highest BCUT2D eigenvalue weighted by atomic mass is 32.1. The Balaban J connectivity index is 1.09. The zero-order chi connectivity index (χ0) is 34.6. The lowest BCUT2D eigenvalue weighted by atomic mass is 9.90. The minimum Gasteiger partial charge on any atom is -0.456 e. The van der Waals surface area contributed by atoms with Crippen molar-refractivity contribution < 1.29 is 4.42 Å². The smallest absolute Gasteiger partial charge is 0.135 e. The van der Waals surface area contributed by atoms with E-state index < -0.39 is 0 Å². The summed E-state index contributed by atoms with van der Waals surface area (Å²) in [6.07, 6.45) is 0. The number of rotatable bonds is 5. The van der Waals surface area contributed by atoms with Crippen LogP contribution in [-0.2, 0) is 0 Å². The van der Waals surface area contributed by atoms with Crippen LogP contribution in [0.4, 0.5) is 17.1 Å². The third-order valence-electron chi connectivity index (χ3n) is 11.0. The van der Waals surface area contributed by atoms with E-state index in [-0.39, 0.29) is 0 Å². The Bertz CT molecular complexity index is 3210. The first kappa shape index (κ1) is 28.9. The van der Waals surface area contributed by atoms with Crippen LogP contribution in [0.15, 0.2) is 174 Å². The summed E-state index contributed by atoms with van der Waals surface area (Å²) in [7, 11) is 0. The number of thiazole rings is 1. The van der Waals surface area contributed by atoms with Crippen LogP contribution < -0.4 is 4.90 Å². The van der Waals surface area contributed by atoms with E-state index in [0.717, 1.165) is 55.3 Å². The van der Waals surface area contributed by atoms with E-state index in [0.29, 0.717) is 0 Å². The molecule has 0 saturated heterocycles. The average molecular weight is 693 g/mol. The molecule has 0 spiro atoms. The second-order valence-electron chi connectivity index (χ2n) is 13.9. The van der Waals surface area contributed by atoms with Crippen molar-refractivity contribution in [1.82, 2.24) is 4.98 Å². The topological polar surface area (TPSA) is 29.3 Å². The Morgan fingerprint density at radius 2 is 1.15 bits per heavy atom. The molecular formula is C49H28N2OS. The standard InChI is InChI=1S/C49H28N2OS/c1-3-9-29(10-4-1)30-15-20-34(21-16-30)51(35-22-26-43-39(28-35)36-13-7-8-14-42(36)52-43)41-25-19-33-27-40-46-38(24-18-31-17-23-37(41)44(33)45(31)46)47-48(40)53-49(50-47)32-11-5-2-6-12-32/h1-28H. The van der Waals surface area contributed by atoms with Crippen molar-refractivity contribution >= 4 is 82.7 Å². The van der Waals surface area contributed by atoms with Crippen LogP contribution in [0.1, 0.15) is 0 Å². The van der Waals surface area contributed by atoms with Crippen LogP contribution in [0.3, 0.4) is 0 Å². The van der Waals surface area contributed by atoms with E-state index in [1.807, 2.05) is 12.1 Å². The van der Waals surface area contributed by atoms with Gasteiger partial charge in [0.15, 0.2) is 0 Å². The molecule has 246 valence electrons. The lowest BCUT2D eigenvalue weighted by Gasteiger charge is -2.28. The summed E-state index contributed by atoms with van der Waals surface area (Å²) in [5, 5.41) is 10.9. The summed E-state index contributed by atoms with van der Waals surface area (Å²) < 4.78 is 6.27. The van der Waals surface area contributed by atoms with E-state index in [2.05, 4.69) is 163 Å². The molecular weight excluding hydrogens is 665 g/mol. The van der Waals surface area contributed by atoms with Gasteiger partial charge in [-0.25, -0.2) is 4.98 Å². The second-order valence-corrected chi connectivity index (χ2v) is 14.9. The highest BCUT2D eigenvalue weighted by molar-refractivity contribution is 7.19. The predicted octanol–water partition coefficient (Wildman–Crippen LogP) is 14.4. The van der Waals surface area contributed by atoms with Gasteiger partial charge in [-0.3, -0.25) is 0 Å². The quantitative estimate of drug-likeness (QED) is 0.168. The summed E-state index contributed by atoms with van der Waals surface area (Å²) in [6.45, 7) is 0. The minimum atomic E-state index is 0.889. The van der Waals surface area contributed by atoms with Gasteiger partial charge in [-0.15, -0.1) is 11.3 Å². The maximum atomic E-state index is 6.27. The van der Waals surface area contributed by atoms with Gasteiger partial charge in [0.25, 0.3) is 0 Å². The van der Waals surface area contributed by atoms with Crippen LogP contribution in [0.5, 0.6) is 0 Å². The van der Waals surface area contributed by atoms with E-state index in [1.54, 1.807) is 11.3 Å². The highest BCUT2D eigenvalue weighted by Crippen LogP contribution is 2.55. The summed E-state index contributed by atoms with van der Waals surface area (Å²) in [6, 6.07) is 61.1. The Morgan fingerprint density at radius 3 is 2.00 bits per heavy atom. The number of aromatic nitrogens is 1. The first-order valence-electron chi connectivity index (χ1n) is 18.0. The van der Waals surface area contributed by atoms with Crippen LogP contribution in [0, 0.1) is 0 Å². The van der Waals surface area contributed by atoms with Crippen LogP contribution in [0.2, 0.25) is 0 Å². The van der Waals surface area contributed by atoms with Gasteiger partial charge in [0, 0.05) is 49.6 Å². The van der Waals surface area contributed by atoms with Crippen molar-refractivity contribution in [1.29, 1.82) is 0 Å². The fraction of sp³-hybridized carbons (Fsp3) is 0. The van der Waals surface area contributed by atoms with Gasteiger partial charge < -0.3 is 9.32 Å². The second kappa shape index (κ2) is 10.9. The summed E-state index contributed by atoms with van der Waals surface area (Å²) >= 11 is 1.80. The third-order valence-corrected chi connectivity index (χ3v) is 12.1. The van der Waals surface area contributed by atoms with Gasteiger partial charge in [-0.2, -0.15) is 0 Å². The summed E-state index contributed by atoms with van der Waals surface area (Å²) in [4.78, 5) is 8.92. The Labute approximate surface area is 309 Å². The van der Waals surface area contributed by atoms with Crippen molar-refractivity contribution in [2.45, 2.75) is 0 Å². The number of benzene rings is 9. The Kier molecular flexibility index (Phi) is 5.93. The Hall–Kier alpha value is -6.75. The zero-order valence-electron chi connectivity index (χ0n) is 28.4. The summed E-state index contributed by atoms with van der Waals surface area (Å²) in [5.41, 5.74) is 12.3. The molecule has 3 nitrogen and oxygen atoms in total. The molecule has 12 rings (SSSR count). The van der Waals surface area contributed by atoms with Crippen LogP contribution in [0.25, 0.3) is 97.7 Å². The molecule has 53 heavy (non-hydrogen) atoms. The van der Waals surface area contributed by atoms with Gasteiger partial charge in [0.2, 0.25) is 0 Å². The molecule has 0 saturated carbocycles. The van der Waals surface area contributed by atoms with Crippen molar-refractivity contribution in [2.24, 2.45) is 0 Å². The predicted molar refractivity (Wildman–Crippen MR) is 223 cm³/mol. The number of anilines is 3. The van der Waals surface area contributed by atoms with Crippen LogP contribution >= 0.6 is 11.3 Å². The number of hydrogen-bond acceptors (Lipinski definition) is 4. The minimum absolute atomic E-state index is 0.889. The van der Waals surface area contributed by atoms with E-state index >= 15 is 0 Å². The number of hydrogen-bond donors (Lipinski definition) is 0. The number of furan rings is 1. The molecule has 0 aliphatic heterocycles. The lowest BCUT2D eigenvalue weighted by molar-refractivity contribution is 0.669. The van der Waals surface area contributed by atoms with Gasteiger partial charge in [0.1, 0.15) is 16.2 Å². The maximum Gasteiger partial charge on any atom is 0.135 e. The number of para-hydroxylation sites is 1. The van der Waals surface area contributed by atoms with Crippen molar-refractivity contribution in [3.05, 3.63) is 170 Å². The molecule has 0 fully saturated rings. The molecule has 11 aromatic rings. The SMILES string of the molecule is c1ccc(-c2ccc(N(c3ccc4oc5ccccc5c4c3)c3ccc4cc5c6c(ccc7ccc3c4c76)-c3nc(-c4ccccc4)sc3-5)cc2)cc1. The van der Waals surface area contributed by atoms with E-state index in [4.69, 9.17) is 9.40 Å². The van der Waals surface area contributed by atoms with Crippen molar-refractivity contribution in [3.63, 3.8) is 0 Å². The van der Waals surface area contributed by atoms with E-state index in [9.17, 15) is 0 Å². The molecule has 0 atom stereocenters. The molecule has 0 amide bonds. The highest BCUT2D eigenvalue weighted by Gasteiger charge is 2.29. The fourth-order valence-electron chi connectivity index (χ4n) is 8.58. The fourth-order valence-corrected chi connectivity index (χ4v) is 9.68. The van der Waals surface area contributed by atoms with Gasteiger partial charge in [-0.05, 0) is 81.2 Å². The molecule has 0 N–H and O–H groups in total. The van der Waals surface area contributed by atoms with Crippen molar-refractivity contribution in [2.75, 3.05) is 4.90 Å². The number of nitrogens with zero attached hydrogens (tertiary/aromatic N) is 2. The van der Waals surface area contributed by atoms with Gasteiger partial charge in [0.05, 0.1) is 16.3 Å². The van der Waals surface area contributed by atoms with Gasteiger partial charge in [-0.1, -0.05) is 121 Å². The van der Waals surface area contributed by atoms with Crippen LogP contribution in [-0.4, -0.2) is 4.98 Å². The maximum absolute atomic E-state index is 6.27. The third kappa shape index (κ3) is 4.18. The molecule has 2 heterocycles. The Morgan fingerprint density at radius 1 is 0.453 bits per heavy atom. The number of fused-ring (bicyclic) bond motifs is 6. The van der Waals surface area contributed by atoms with Crippen molar-refractivity contribution in [3.8, 4) is 43.4 Å². The van der Waals surface area contributed by atoms with E-state index in [1.165, 1.54) is 59.4 Å². The first-order chi connectivity index (χ1) is 26.3. The lowest BCUT2D eigenvalue weighted by Crippen LogP contribution is -2.10. The molecule has 0 radical (unpaired) electrons. The molecule has 1 aliphatic carbocycles. The average Bonchev–Trinajstić information content (AvgIpc) is 3.91. The largest absolute Gasteiger partial charge is 0.456 e. The molecule has 0 bridgehead atoms. The molecule has 4 heteroatoms. The molecule has 2 aromatic heterocycles. The summed E-state index contributed by atoms with van der Waals surface area (Å²) in [5.74, 6) is 0. The van der Waals surface area contributed by atoms with Gasteiger partial charge >= 0.3 is 0 Å². The monoisotopic (exact) mass is 692 g/mol.